The maximum atomic E-state index is 11.7. The van der Waals surface area contributed by atoms with Gasteiger partial charge in [-0.25, -0.2) is 0 Å². The van der Waals surface area contributed by atoms with Gasteiger partial charge in [-0.2, -0.15) is 13.2 Å². The molecule has 6 heteroatoms. The standard InChI is InChI=1S/C10H18F3NO2/c11-10(12,13)8-16-5-4-15-7-9-2-1-3-14-6-9/h9,14H,1-8H2. The lowest BCUT2D eigenvalue weighted by Crippen LogP contribution is -2.32. The van der Waals surface area contributed by atoms with Crippen LogP contribution in [0.2, 0.25) is 0 Å². The maximum absolute atomic E-state index is 11.7. The zero-order valence-corrected chi connectivity index (χ0v) is 9.18. The molecule has 0 aromatic rings. The second-order valence-electron chi connectivity index (χ2n) is 3.96. The SMILES string of the molecule is FC(F)(F)COCCOCC1CCCNC1. The van der Waals surface area contributed by atoms with Crippen LogP contribution in [0.15, 0.2) is 0 Å². The number of hydrogen-bond donors (Lipinski definition) is 1. The van der Waals surface area contributed by atoms with Gasteiger partial charge in [0.05, 0.1) is 19.8 Å². The van der Waals surface area contributed by atoms with E-state index in [1.165, 1.54) is 0 Å². The van der Waals surface area contributed by atoms with E-state index in [9.17, 15) is 13.2 Å². The zero-order chi connectivity index (χ0) is 11.9. The molecule has 0 radical (unpaired) electrons. The van der Waals surface area contributed by atoms with E-state index in [1.807, 2.05) is 0 Å². The van der Waals surface area contributed by atoms with Gasteiger partial charge in [-0.05, 0) is 25.3 Å². The molecule has 96 valence electrons. The molecule has 0 aromatic carbocycles. The molecular weight excluding hydrogens is 223 g/mol. The zero-order valence-electron chi connectivity index (χ0n) is 9.18. The van der Waals surface area contributed by atoms with Crippen LogP contribution in [0.3, 0.4) is 0 Å². The van der Waals surface area contributed by atoms with E-state index in [1.54, 1.807) is 0 Å². The van der Waals surface area contributed by atoms with Crippen molar-refractivity contribution in [2.45, 2.75) is 19.0 Å². The molecule has 3 nitrogen and oxygen atoms in total. The Bertz CT molecular complexity index is 181. The summed E-state index contributed by atoms with van der Waals surface area (Å²) in [7, 11) is 0. The molecule has 1 N–H and O–H groups in total. The number of nitrogens with one attached hydrogen (secondary N) is 1. The molecule has 1 heterocycles. The summed E-state index contributed by atoms with van der Waals surface area (Å²) in [5.41, 5.74) is 0. The van der Waals surface area contributed by atoms with Crippen molar-refractivity contribution in [2.75, 3.05) is 39.5 Å². The Morgan fingerprint density at radius 3 is 2.56 bits per heavy atom. The van der Waals surface area contributed by atoms with Crippen LogP contribution in [0, 0.1) is 5.92 Å². The lowest BCUT2D eigenvalue weighted by Gasteiger charge is -2.22. The molecular formula is C10H18F3NO2. The summed E-state index contributed by atoms with van der Waals surface area (Å²) in [6, 6.07) is 0. The van der Waals surface area contributed by atoms with E-state index in [4.69, 9.17) is 4.74 Å². The molecule has 1 atom stereocenters. The van der Waals surface area contributed by atoms with Gasteiger partial charge >= 0.3 is 6.18 Å². The van der Waals surface area contributed by atoms with Gasteiger partial charge in [-0.3, -0.25) is 0 Å². The Kier molecular flexibility index (Phi) is 6.08. The Balaban J connectivity index is 1.87. The van der Waals surface area contributed by atoms with E-state index in [0.717, 1.165) is 25.9 Å². The summed E-state index contributed by atoms with van der Waals surface area (Å²) < 4.78 is 44.7. The molecule has 16 heavy (non-hydrogen) atoms. The van der Waals surface area contributed by atoms with Crippen molar-refractivity contribution >= 4 is 0 Å². The van der Waals surface area contributed by atoms with Crippen molar-refractivity contribution < 1.29 is 22.6 Å². The fourth-order valence-corrected chi connectivity index (χ4v) is 1.62. The van der Waals surface area contributed by atoms with Gasteiger partial charge in [0, 0.05) is 6.54 Å². The molecule has 0 aromatic heterocycles. The molecule has 1 aliphatic rings. The van der Waals surface area contributed by atoms with Crippen molar-refractivity contribution in [3.05, 3.63) is 0 Å². The summed E-state index contributed by atoms with van der Waals surface area (Å²) in [5, 5.41) is 3.25. The van der Waals surface area contributed by atoms with Crippen LogP contribution in [-0.4, -0.2) is 45.7 Å². The van der Waals surface area contributed by atoms with Gasteiger partial charge in [0.25, 0.3) is 0 Å². The van der Waals surface area contributed by atoms with Crippen molar-refractivity contribution in [2.24, 2.45) is 5.92 Å². The minimum atomic E-state index is -4.24. The summed E-state index contributed by atoms with van der Waals surface area (Å²) >= 11 is 0. The smallest absolute Gasteiger partial charge is 0.379 e. The molecule has 1 saturated heterocycles. The predicted molar refractivity (Wildman–Crippen MR) is 53.3 cm³/mol. The Labute approximate surface area is 93.3 Å². The predicted octanol–water partition coefficient (Wildman–Crippen LogP) is 1.58. The number of ether oxygens (including phenoxy) is 2. The Hall–Kier alpha value is -0.330. The van der Waals surface area contributed by atoms with Crippen LogP contribution < -0.4 is 5.32 Å². The van der Waals surface area contributed by atoms with E-state index in [2.05, 4.69) is 10.1 Å². The van der Waals surface area contributed by atoms with Crippen LogP contribution in [0.25, 0.3) is 0 Å². The van der Waals surface area contributed by atoms with Crippen LogP contribution >= 0.6 is 0 Å². The Morgan fingerprint density at radius 1 is 1.19 bits per heavy atom. The molecule has 0 saturated carbocycles. The minimum Gasteiger partial charge on any atom is -0.379 e. The largest absolute Gasteiger partial charge is 0.411 e. The number of piperidine rings is 1. The average Bonchev–Trinajstić information content (AvgIpc) is 2.23. The monoisotopic (exact) mass is 241 g/mol. The first kappa shape index (κ1) is 13.7. The van der Waals surface area contributed by atoms with E-state index in [-0.39, 0.29) is 13.2 Å². The van der Waals surface area contributed by atoms with E-state index in [0.29, 0.717) is 12.5 Å². The van der Waals surface area contributed by atoms with Crippen molar-refractivity contribution in [3.8, 4) is 0 Å². The quantitative estimate of drug-likeness (QED) is 0.716. The molecule has 0 spiro atoms. The third-order valence-electron chi connectivity index (χ3n) is 2.39. The first-order valence-corrected chi connectivity index (χ1v) is 5.51. The second-order valence-corrected chi connectivity index (χ2v) is 3.96. The molecule has 0 bridgehead atoms. The highest BCUT2D eigenvalue weighted by Gasteiger charge is 2.27. The number of rotatable bonds is 6. The topological polar surface area (TPSA) is 30.5 Å². The third-order valence-corrected chi connectivity index (χ3v) is 2.39. The first-order valence-electron chi connectivity index (χ1n) is 5.51. The van der Waals surface area contributed by atoms with Crippen LogP contribution in [-0.2, 0) is 9.47 Å². The normalized spacial score (nSPS) is 22.3. The second kappa shape index (κ2) is 7.09. The first-order chi connectivity index (χ1) is 7.58. The van der Waals surface area contributed by atoms with Gasteiger partial charge < -0.3 is 14.8 Å². The lowest BCUT2D eigenvalue weighted by atomic mass is 10.0. The lowest BCUT2D eigenvalue weighted by molar-refractivity contribution is -0.176. The van der Waals surface area contributed by atoms with Gasteiger partial charge in [-0.15, -0.1) is 0 Å². The number of hydrogen-bond acceptors (Lipinski definition) is 3. The van der Waals surface area contributed by atoms with Gasteiger partial charge in [-0.1, -0.05) is 0 Å². The maximum Gasteiger partial charge on any atom is 0.411 e. The molecule has 0 amide bonds. The molecule has 1 aliphatic heterocycles. The summed E-state index contributed by atoms with van der Waals surface area (Å²) in [6.07, 6.45) is -1.98. The third kappa shape index (κ3) is 7.03. The Morgan fingerprint density at radius 2 is 1.94 bits per heavy atom. The van der Waals surface area contributed by atoms with Crippen molar-refractivity contribution in [3.63, 3.8) is 0 Å². The van der Waals surface area contributed by atoms with Crippen LogP contribution in [0.5, 0.6) is 0 Å². The van der Waals surface area contributed by atoms with E-state index >= 15 is 0 Å². The average molecular weight is 241 g/mol. The number of alkyl halides is 3. The van der Waals surface area contributed by atoms with Crippen LogP contribution in [0.4, 0.5) is 13.2 Å². The summed E-state index contributed by atoms with van der Waals surface area (Å²) in [5.74, 6) is 0.483. The van der Waals surface area contributed by atoms with Gasteiger partial charge in [0.2, 0.25) is 0 Å². The summed E-state index contributed by atoms with van der Waals surface area (Å²) in [4.78, 5) is 0. The van der Waals surface area contributed by atoms with E-state index < -0.39 is 12.8 Å². The highest BCUT2D eigenvalue weighted by Crippen LogP contribution is 2.14. The molecule has 0 aliphatic carbocycles. The highest BCUT2D eigenvalue weighted by molar-refractivity contribution is 4.67. The minimum absolute atomic E-state index is 0.000339. The molecule has 1 fully saturated rings. The van der Waals surface area contributed by atoms with Crippen LogP contribution in [0.1, 0.15) is 12.8 Å². The van der Waals surface area contributed by atoms with Gasteiger partial charge in [0.1, 0.15) is 6.61 Å². The van der Waals surface area contributed by atoms with Crippen molar-refractivity contribution in [1.82, 2.24) is 5.32 Å². The van der Waals surface area contributed by atoms with Crippen molar-refractivity contribution in [1.29, 1.82) is 0 Å². The van der Waals surface area contributed by atoms with Gasteiger partial charge in [0.15, 0.2) is 0 Å². The molecule has 1 rings (SSSR count). The highest BCUT2D eigenvalue weighted by atomic mass is 19.4. The number of halogens is 3. The fourth-order valence-electron chi connectivity index (χ4n) is 1.62. The molecule has 1 unspecified atom stereocenters. The fraction of sp³-hybridized carbons (Fsp3) is 1.00. The summed E-state index contributed by atoms with van der Waals surface area (Å²) in [6.45, 7) is 1.62.